The van der Waals surface area contributed by atoms with Gasteiger partial charge in [0, 0.05) is 11.2 Å². The van der Waals surface area contributed by atoms with Gasteiger partial charge in [0.2, 0.25) is 0 Å². The van der Waals surface area contributed by atoms with Crippen LogP contribution in [0.2, 0.25) is 10.0 Å². The van der Waals surface area contributed by atoms with Crippen LogP contribution in [0.15, 0.2) is 77.9 Å². The normalized spacial score (nSPS) is 10.8. The molecule has 1 N–H and O–H groups in total. The molecular weight excluding hydrogens is 397 g/mol. The van der Waals surface area contributed by atoms with E-state index in [0.29, 0.717) is 22.9 Å². The zero-order valence-corrected chi connectivity index (χ0v) is 16.1. The van der Waals surface area contributed by atoms with Crippen molar-refractivity contribution in [2.45, 2.75) is 6.54 Å². The Morgan fingerprint density at radius 1 is 0.929 bits per heavy atom. The zero-order valence-electron chi connectivity index (χ0n) is 14.6. The van der Waals surface area contributed by atoms with Crippen LogP contribution in [0.5, 0.6) is 0 Å². The van der Waals surface area contributed by atoms with Crippen molar-refractivity contribution < 1.29 is 0 Å². The van der Waals surface area contributed by atoms with E-state index in [0.717, 1.165) is 11.4 Å². The zero-order chi connectivity index (χ0) is 19.5. The number of anilines is 1. The highest BCUT2D eigenvalue weighted by molar-refractivity contribution is 6.33. The van der Waals surface area contributed by atoms with Gasteiger partial charge in [0.05, 0.1) is 35.5 Å². The van der Waals surface area contributed by atoms with Gasteiger partial charge in [-0.25, -0.2) is 4.68 Å². The number of nitrogens with one attached hydrogen (secondary N) is 1. The first-order chi connectivity index (χ1) is 13.6. The molecule has 2 aromatic heterocycles. The lowest BCUT2D eigenvalue weighted by Crippen LogP contribution is -2.22. The topological polar surface area (TPSA) is 64.7 Å². The molecule has 0 aliphatic carbocycles. The number of hydrogen-bond donors (Lipinski definition) is 1. The van der Waals surface area contributed by atoms with Gasteiger partial charge in [0.1, 0.15) is 5.02 Å². The van der Waals surface area contributed by atoms with Crippen LogP contribution < -0.4 is 10.9 Å². The molecule has 0 radical (unpaired) electrons. The maximum absolute atomic E-state index is 12.6. The van der Waals surface area contributed by atoms with Crippen molar-refractivity contribution in [3.05, 3.63) is 99.2 Å². The largest absolute Gasteiger partial charge is 0.377 e. The third-order valence-corrected chi connectivity index (χ3v) is 4.73. The fraction of sp³-hybridized carbons (Fsp3) is 0.0500. The van der Waals surface area contributed by atoms with Crippen molar-refractivity contribution >= 4 is 28.9 Å². The van der Waals surface area contributed by atoms with Gasteiger partial charge in [-0.1, -0.05) is 41.4 Å². The Morgan fingerprint density at radius 2 is 1.68 bits per heavy atom. The minimum atomic E-state index is -0.413. The summed E-state index contributed by atoms with van der Waals surface area (Å²) in [5.41, 5.74) is 2.40. The van der Waals surface area contributed by atoms with Crippen molar-refractivity contribution in [1.82, 2.24) is 19.6 Å². The van der Waals surface area contributed by atoms with Crippen LogP contribution in [-0.2, 0) is 6.54 Å². The Labute approximate surface area is 171 Å². The van der Waals surface area contributed by atoms with Crippen LogP contribution in [-0.4, -0.2) is 19.6 Å². The molecule has 4 rings (SSSR count). The van der Waals surface area contributed by atoms with E-state index in [1.54, 1.807) is 28.9 Å². The standard InChI is InChI=1S/C20H15Cl2N5O/c21-14-6-8-17(9-7-14)27-20(28)19(22)18(13-24-27)23-12-15-10-11-26(25-15)16-4-2-1-3-5-16/h1-11,13,23H,12H2. The van der Waals surface area contributed by atoms with Gasteiger partial charge < -0.3 is 5.32 Å². The number of rotatable bonds is 5. The average Bonchev–Trinajstić information content (AvgIpc) is 3.20. The summed E-state index contributed by atoms with van der Waals surface area (Å²) in [6.45, 7) is 0.408. The second kappa shape index (κ2) is 7.88. The van der Waals surface area contributed by atoms with Crippen LogP contribution in [0.1, 0.15) is 5.69 Å². The van der Waals surface area contributed by atoms with Crippen LogP contribution in [0.3, 0.4) is 0 Å². The summed E-state index contributed by atoms with van der Waals surface area (Å²) < 4.78 is 3.02. The maximum atomic E-state index is 12.6. The molecule has 0 saturated carbocycles. The third-order valence-electron chi connectivity index (χ3n) is 4.12. The molecular formula is C20H15Cl2N5O. The van der Waals surface area contributed by atoms with Gasteiger partial charge >= 0.3 is 0 Å². The Bertz CT molecular complexity index is 1150. The molecule has 0 aliphatic heterocycles. The number of para-hydroxylation sites is 1. The highest BCUT2D eigenvalue weighted by Crippen LogP contribution is 2.18. The van der Waals surface area contributed by atoms with Crippen LogP contribution >= 0.6 is 23.2 Å². The molecule has 0 bridgehead atoms. The fourth-order valence-electron chi connectivity index (χ4n) is 2.69. The van der Waals surface area contributed by atoms with E-state index < -0.39 is 5.56 Å². The van der Waals surface area contributed by atoms with E-state index in [1.807, 2.05) is 42.6 Å². The maximum Gasteiger partial charge on any atom is 0.292 e. The van der Waals surface area contributed by atoms with Gasteiger partial charge in [-0.05, 0) is 42.5 Å². The molecule has 0 saturated heterocycles. The van der Waals surface area contributed by atoms with Crippen molar-refractivity contribution in [2.75, 3.05) is 5.32 Å². The molecule has 4 aromatic rings. The summed E-state index contributed by atoms with van der Waals surface area (Å²) in [6, 6.07) is 18.5. The van der Waals surface area contributed by atoms with Gasteiger partial charge in [-0.2, -0.15) is 14.9 Å². The summed E-state index contributed by atoms with van der Waals surface area (Å²) in [5, 5.41) is 12.5. The molecule has 28 heavy (non-hydrogen) atoms. The van der Waals surface area contributed by atoms with Gasteiger partial charge in [-0.3, -0.25) is 4.79 Å². The van der Waals surface area contributed by atoms with Crippen molar-refractivity contribution in [1.29, 1.82) is 0 Å². The third kappa shape index (κ3) is 3.78. The molecule has 140 valence electrons. The minimum absolute atomic E-state index is 0.0624. The van der Waals surface area contributed by atoms with Crippen molar-refractivity contribution in [2.24, 2.45) is 0 Å². The van der Waals surface area contributed by atoms with Gasteiger partial charge in [0.25, 0.3) is 5.56 Å². The molecule has 0 unspecified atom stereocenters. The predicted molar refractivity (Wildman–Crippen MR) is 111 cm³/mol. The number of nitrogens with zero attached hydrogens (tertiary/aromatic N) is 4. The fourth-order valence-corrected chi connectivity index (χ4v) is 3.01. The van der Waals surface area contributed by atoms with Crippen molar-refractivity contribution in [3.63, 3.8) is 0 Å². The van der Waals surface area contributed by atoms with Crippen LogP contribution in [0.25, 0.3) is 11.4 Å². The van der Waals surface area contributed by atoms with Gasteiger partial charge in [0.15, 0.2) is 0 Å². The molecule has 0 spiro atoms. The molecule has 0 atom stereocenters. The molecule has 8 heteroatoms. The van der Waals surface area contributed by atoms with E-state index in [4.69, 9.17) is 23.2 Å². The summed E-state index contributed by atoms with van der Waals surface area (Å²) in [6.07, 6.45) is 3.40. The Balaban J connectivity index is 1.51. The van der Waals surface area contributed by atoms with E-state index in [2.05, 4.69) is 15.5 Å². The first-order valence-corrected chi connectivity index (χ1v) is 9.25. The highest BCUT2D eigenvalue weighted by atomic mass is 35.5. The Morgan fingerprint density at radius 3 is 2.43 bits per heavy atom. The SMILES string of the molecule is O=c1c(Cl)c(NCc2ccn(-c3ccccc3)n2)cnn1-c1ccc(Cl)cc1. The molecule has 0 aliphatic rings. The number of aromatic nitrogens is 4. The van der Waals surface area contributed by atoms with E-state index in [1.165, 1.54) is 10.9 Å². The molecule has 6 nitrogen and oxygen atoms in total. The summed E-state index contributed by atoms with van der Waals surface area (Å²) >= 11 is 12.1. The van der Waals surface area contributed by atoms with E-state index in [-0.39, 0.29) is 5.02 Å². The average molecular weight is 412 g/mol. The molecule has 2 aromatic carbocycles. The summed E-state index contributed by atoms with van der Waals surface area (Å²) in [7, 11) is 0. The number of hydrogen-bond acceptors (Lipinski definition) is 4. The molecule has 0 amide bonds. The molecule has 2 heterocycles. The summed E-state index contributed by atoms with van der Waals surface area (Å²) in [4.78, 5) is 12.6. The van der Waals surface area contributed by atoms with Gasteiger partial charge in [-0.15, -0.1) is 0 Å². The van der Waals surface area contributed by atoms with E-state index >= 15 is 0 Å². The second-order valence-corrected chi connectivity index (χ2v) is 6.82. The lowest BCUT2D eigenvalue weighted by Gasteiger charge is -2.09. The monoisotopic (exact) mass is 411 g/mol. The first kappa shape index (κ1) is 18.3. The number of halogens is 2. The van der Waals surface area contributed by atoms with E-state index in [9.17, 15) is 4.79 Å². The number of benzene rings is 2. The quantitative estimate of drug-likeness (QED) is 0.530. The highest BCUT2D eigenvalue weighted by Gasteiger charge is 2.11. The Kier molecular flexibility index (Phi) is 5.14. The smallest absolute Gasteiger partial charge is 0.292 e. The first-order valence-electron chi connectivity index (χ1n) is 8.49. The lowest BCUT2D eigenvalue weighted by atomic mass is 10.3. The second-order valence-electron chi connectivity index (χ2n) is 6.01. The Hall–Kier alpha value is -3.09. The molecule has 0 fully saturated rings. The minimum Gasteiger partial charge on any atom is -0.377 e. The van der Waals surface area contributed by atoms with Crippen LogP contribution in [0, 0.1) is 0 Å². The predicted octanol–water partition coefficient (Wildman–Crippen LogP) is 4.34. The lowest BCUT2D eigenvalue weighted by molar-refractivity contribution is 0.805. The van der Waals surface area contributed by atoms with Crippen molar-refractivity contribution in [3.8, 4) is 11.4 Å². The summed E-state index contributed by atoms with van der Waals surface area (Å²) in [5.74, 6) is 0. The van der Waals surface area contributed by atoms with Crippen LogP contribution in [0.4, 0.5) is 5.69 Å².